The molecule has 0 unspecified atom stereocenters. The number of rotatable bonds is 6. The number of ether oxygens (including phenoxy) is 5. The van der Waals surface area contributed by atoms with Crippen LogP contribution in [0.15, 0.2) is 115 Å². The SMILES string of the molecule is COC[C@@H]1C#C[C@@H]2C[C@H]3CSSCCOc4cc5c(cc4O)C[C@H]4[C@H]6[C@H]5C[C@@H](C[C@@H](OC(C)=O)[C@H]5Cc7cc(OC)c(O)cc7[C@H](C[C@@H]4O)[C@]65/C=C/c4ccccc4)OC(=O)[C@@](C2)(C3)c2ccc3cc(O)cc(c3c2)-c2cccc(c2)CNC1. The third-order valence-electron chi connectivity index (χ3n) is 19.8. The van der Waals surface area contributed by atoms with Crippen molar-refractivity contribution in [2.24, 2.45) is 40.9 Å². The number of phenols is 3. The van der Waals surface area contributed by atoms with Gasteiger partial charge in [0.1, 0.15) is 18.0 Å². The number of carbonyl (C=O) groups excluding carboxylic acids is 2. The third kappa shape index (κ3) is 10.5. The van der Waals surface area contributed by atoms with Crippen LogP contribution in [0.1, 0.15) is 96.2 Å². The number of aromatic hydroxyl groups is 3. The van der Waals surface area contributed by atoms with Crippen LogP contribution in [-0.2, 0) is 48.6 Å². The molecule has 2 heterocycles. The summed E-state index contributed by atoms with van der Waals surface area (Å²) < 4.78 is 32.3. The van der Waals surface area contributed by atoms with Crippen molar-refractivity contribution in [2.45, 2.75) is 100 Å². The molecule has 84 heavy (non-hydrogen) atoms. The van der Waals surface area contributed by atoms with Crippen LogP contribution in [-0.4, -0.2) is 96.2 Å². The highest BCUT2D eigenvalue weighted by Crippen LogP contribution is 2.70. The highest BCUT2D eigenvalue weighted by Gasteiger charge is 2.66. The zero-order valence-electron chi connectivity index (χ0n) is 47.8. The minimum absolute atomic E-state index is 0.00856. The first-order valence-electron chi connectivity index (χ1n) is 29.8. The van der Waals surface area contributed by atoms with Crippen molar-refractivity contribution in [3.05, 3.63) is 154 Å². The van der Waals surface area contributed by atoms with E-state index in [9.17, 15) is 25.2 Å². The first-order valence-corrected chi connectivity index (χ1v) is 32.3. The van der Waals surface area contributed by atoms with Gasteiger partial charge in [0.05, 0.1) is 37.8 Å². The summed E-state index contributed by atoms with van der Waals surface area (Å²) in [6, 6.07) is 35.9. The van der Waals surface area contributed by atoms with Crippen molar-refractivity contribution >= 4 is 50.4 Å². The molecule has 6 aromatic carbocycles. The summed E-state index contributed by atoms with van der Waals surface area (Å²) in [7, 11) is 6.71. The van der Waals surface area contributed by atoms with E-state index in [-0.39, 0.29) is 71.1 Å². The topological polar surface area (TPSA) is 173 Å². The molecule has 5 aliphatic carbocycles. The van der Waals surface area contributed by atoms with Crippen LogP contribution in [0.3, 0.4) is 0 Å². The number of methoxy groups -OCH3 is 2. The molecule has 11 bridgehead atoms. The third-order valence-corrected chi connectivity index (χ3v) is 22.3. The van der Waals surface area contributed by atoms with Crippen molar-refractivity contribution in [1.29, 1.82) is 0 Å². The fourth-order valence-electron chi connectivity index (χ4n) is 16.5. The Kier molecular flexibility index (Phi) is 15.7. The van der Waals surface area contributed by atoms with Crippen LogP contribution in [0.2, 0.25) is 0 Å². The minimum atomic E-state index is -1.20. The second-order valence-corrected chi connectivity index (χ2v) is 27.4. The zero-order chi connectivity index (χ0) is 57.9. The molecule has 13 rings (SSSR count). The largest absolute Gasteiger partial charge is 0.508 e. The molecule has 3 saturated carbocycles. The van der Waals surface area contributed by atoms with Gasteiger partial charge in [0.2, 0.25) is 0 Å². The number of aliphatic hydroxyl groups excluding tert-OH is 1. The fraction of sp³-hybridized carbons (Fsp3) is 0.429. The molecule has 0 saturated heterocycles. The number of phenolic OH excluding ortho intramolecular Hbond substituents is 3. The fourth-order valence-corrected chi connectivity index (χ4v) is 18.7. The predicted octanol–water partition coefficient (Wildman–Crippen LogP) is 12.1. The maximum Gasteiger partial charge on any atom is 0.316 e. The molecule has 13 atom stereocenters. The standard InChI is InChI=1S/C70H73NO11S2/c1-40(72)81-64-30-52-29-57-55-32-66(62(75)25-48(55)23-58-61(74)33-59-56-31-63(76)65(79-3)26-49(56)24-60(64)70(59,67(57)58)17-16-41-8-5-4-6-9-41)80-18-19-83-84-39-45-20-42-12-13-44(38-78-2)37-71-36-43-10-7-11-46(21-43)54-28-51(73)22-47-14-15-50(27-53(47)54)69(34-42,35-45)68(77)82-52/h4-11,14-17,21-22,25-28,31-32,42,44-45,52,57-61,64,67,71,73-76H,18-20,23-24,29-30,33-39H2,1-3H3/b17-16+/t42-,44-,45-,52+,57+,58-,59+,60-,61+,64-,67-,69+,70+/m1/s1. The molecule has 12 nitrogen and oxygen atoms in total. The number of carbonyl (C=O) groups is 2. The van der Waals surface area contributed by atoms with Gasteiger partial charge >= 0.3 is 11.9 Å². The summed E-state index contributed by atoms with van der Waals surface area (Å²) in [4.78, 5) is 30.7. The minimum Gasteiger partial charge on any atom is -0.508 e. The van der Waals surface area contributed by atoms with Crippen LogP contribution >= 0.6 is 21.6 Å². The van der Waals surface area contributed by atoms with Gasteiger partial charge in [-0.05, 0) is 184 Å². The molecule has 2 aliphatic heterocycles. The Balaban J connectivity index is 1.03. The van der Waals surface area contributed by atoms with Gasteiger partial charge in [0.15, 0.2) is 23.0 Å². The first kappa shape index (κ1) is 56.5. The van der Waals surface area contributed by atoms with E-state index in [1.807, 2.05) is 60.7 Å². The Labute approximate surface area is 499 Å². The monoisotopic (exact) mass is 1170 g/mol. The van der Waals surface area contributed by atoms with Gasteiger partial charge in [0, 0.05) is 62.3 Å². The number of allylic oxidation sites excluding steroid dienone is 1. The molecule has 3 fully saturated rings. The van der Waals surface area contributed by atoms with Crippen molar-refractivity contribution in [3.63, 3.8) is 0 Å². The van der Waals surface area contributed by atoms with E-state index < -0.39 is 41.0 Å². The van der Waals surface area contributed by atoms with Gasteiger partial charge in [-0.3, -0.25) is 9.59 Å². The Bertz CT molecular complexity index is 3600. The van der Waals surface area contributed by atoms with Crippen molar-refractivity contribution in [3.8, 4) is 51.7 Å². The van der Waals surface area contributed by atoms with Gasteiger partial charge in [-0.15, -0.1) is 0 Å². The van der Waals surface area contributed by atoms with E-state index in [1.54, 1.807) is 34.8 Å². The highest BCUT2D eigenvalue weighted by atomic mass is 33.1. The van der Waals surface area contributed by atoms with E-state index in [1.165, 1.54) is 14.0 Å². The van der Waals surface area contributed by atoms with Gasteiger partial charge in [0.25, 0.3) is 0 Å². The average Bonchev–Trinajstić information content (AvgIpc) is 0.731. The molecule has 6 aromatic rings. The van der Waals surface area contributed by atoms with Crippen LogP contribution in [0, 0.1) is 52.8 Å². The zero-order valence-corrected chi connectivity index (χ0v) is 49.4. The summed E-state index contributed by atoms with van der Waals surface area (Å²) in [5.41, 5.74) is 6.39. The molecule has 0 amide bonds. The molecule has 1 spiro atoms. The van der Waals surface area contributed by atoms with Crippen LogP contribution < -0.4 is 14.8 Å². The van der Waals surface area contributed by atoms with Crippen molar-refractivity contribution in [1.82, 2.24) is 5.32 Å². The van der Waals surface area contributed by atoms with Crippen LogP contribution in [0.4, 0.5) is 0 Å². The maximum absolute atomic E-state index is 16.8. The number of benzene rings is 6. The number of aliphatic hydroxyl groups is 1. The maximum atomic E-state index is 16.8. The Hall–Kier alpha value is -6.60. The van der Waals surface area contributed by atoms with E-state index in [2.05, 4.69) is 71.8 Å². The molecule has 14 heteroatoms. The second-order valence-electron chi connectivity index (χ2n) is 24.7. The Morgan fingerprint density at radius 2 is 1.71 bits per heavy atom. The molecular formula is C70H73NO11S2. The summed E-state index contributed by atoms with van der Waals surface area (Å²) in [6.07, 6.45) is 5.53. The molecule has 7 aliphatic rings. The number of nitrogens with one attached hydrogen (secondary N) is 1. The average molecular weight is 1170 g/mol. The molecule has 0 radical (unpaired) electrons. The molecule has 5 N–H and O–H groups in total. The number of esters is 2. The number of fused-ring (bicyclic) bond motifs is 10. The lowest BCUT2D eigenvalue weighted by Crippen LogP contribution is -2.62. The van der Waals surface area contributed by atoms with E-state index >= 15 is 4.79 Å². The summed E-state index contributed by atoms with van der Waals surface area (Å²) in [5, 5.41) is 53.1. The van der Waals surface area contributed by atoms with Crippen molar-refractivity contribution in [2.75, 3.05) is 45.5 Å². The predicted molar refractivity (Wildman–Crippen MR) is 328 cm³/mol. The lowest BCUT2D eigenvalue weighted by Gasteiger charge is -2.64. The second kappa shape index (κ2) is 23.3. The summed E-state index contributed by atoms with van der Waals surface area (Å²) in [6.45, 7) is 3.44. The normalized spacial score (nSPS) is 30.8. The van der Waals surface area contributed by atoms with Crippen molar-refractivity contribution < 1.29 is 53.7 Å². The Morgan fingerprint density at radius 1 is 0.857 bits per heavy atom. The number of hydrogen-bond acceptors (Lipinski definition) is 14. The summed E-state index contributed by atoms with van der Waals surface area (Å²) in [5.74, 6) is 6.73. The van der Waals surface area contributed by atoms with E-state index in [0.29, 0.717) is 82.1 Å². The van der Waals surface area contributed by atoms with E-state index in [4.69, 9.17) is 23.7 Å². The van der Waals surface area contributed by atoms with Gasteiger partial charge in [-0.1, -0.05) is 106 Å². The van der Waals surface area contributed by atoms with Gasteiger partial charge in [-0.25, -0.2) is 0 Å². The molecule has 0 aromatic heterocycles. The first-order chi connectivity index (χ1) is 40.8. The quantitative estimate of drug-likeness (QED) is 0.0606. The molecule has 436 valence electrons. The van der Waals surface area contributed by atoms with Crippen LogP contribution in [0.25, 0.3) is 28.0 Å². The summed E-state index contributed by atoms with van der Waals surface area (Å²) >= 11 is 0. The molecular weight excluding hydrogens is 1090 g/mol. The smallest absolute Gasteiger partial charge is 0.316 e. The highest BCUT2D eigenvalue weighted by molar-refractivity contribution is 8.76. The van der Waals surface area contributed by atoms with E-state index in [0.717, 1.165) is 73.0 Å². The lowest BCUT2D eigenvalue weighted by molar-refractivity contribution is -0.179. The van der Waals surface area contributed by atoms with Crippen LogP contribution in [0.5, 0.6) is 28.7 Å². The number of hydrogen-bond donors (Lipinski definition) is 5. The Morgan fingerprint density at radius 3 is 2.55 bits per heavy atom. The van der Waals surface area contributed by atoms with Gasteiger partial charge in [-0.2, -0.15) is 0 Å². The van der Waals surface area contributed by atoms with Gasteiger partial charge < -0.3 is 49.4 Å². The lowest BCUT2D eigenvalue weighted by atomic mass is 9.40.